The summed E-state index contributed by atoms with van der Waals surface area (Å²) in [5.74, 6) is 0. The zero-order chi connectivity index (χ0) is 45.7. The predicted molar refractivity (Wildman–Crippen MR) is 220 cm³/mol. The lowest BCUT2D eigenvalue weighted by Gasteiger charge is -2.26. The fraction of sp³-hybridized carbons (Fsp3) is 0. The van der Waals surface area contributed by atoms with Crippen molar-refractivity contribution in [2.45, 2.75) is 0 Å². The summed E-state index contributed by atoms with van der Waals surface area (Å²) < 4.78 is 124. The van der Waals surface area contributed by atoms with Gasteiger partial charge in [-0.3, -0.25) is 0 Å². The fourth-order valence-electron chi connectivity index (χ4n) is 6.80. The molecule has 1 heterocycles. The van der Waals surface area contributed by atoms with Gasteiger partial charge >= 0.3 is 0 Å². The van der Waals surface area contributed by atoms with Crippen LogP contribution in [0.3, 0.4) is 0 Å². The molecule has 10 rings (SSSR count). The minimum Gasteiger partial charge on any atom is -0.455 e. The molecule has 0 N–H and O–H groups in total. The molecular weight excluding hydrogens is 631 g/mol. The van der Waals surface area contributed by atoms with Gasteiger partial charge < -0.3 is 9.32 Å². The lowest BCUT2D eigenvalue weighted by molar-refractivity contribution is 0.673. The summed E-state index contributed by atoms with van der Waals surface area (Å²) >= 11 is 0. The van der Waals surface area contributed by atoms with Gasteiger partial charge in [0, 0.05) is 33.2 Å². The van der Waals surface area contributed by atoms with Gasteiger partial charge in [-0.15, -0.1) is 0 Å². The molecule has 0 saturated heterocycles. The zero-order valence-corrected chi connectivity index (χ0v) is 27.4. The Bertz CT molecular complexity index is 3590. The van der Waals surface area contributed by atoms with Gasteiger partial charge in [0.1, 0.15) is 11.2 Å². The molecule has 0 spiro atoms. The summed E-state index contributed by atoms with van der Waals surface area (Å²) in [7, 11) is 0. The molecule has 0 radical (unpaired) electrons. The average molecular weight is 677 g/mol. The molecular formula is C50H33NO. The Labute approximate surface area is 320 Å². The summed E-state index contributed by atoms with van der Waals surface area (Å²) in [5.41, 5.74) is 1.40. The van der Waals surface area contributed by atoms with Crippen LogP contribution in [-0.4, -0.2) is 0 Å². The molecule has 52 heavy (non-hydrogen) atoms. The third kappa shape index (κ3) is 5.21. The number of anilines is 3. The maximum absolute atomic E-state index is 9.55. The third-order valence-corrected chi connectivity index (χ3v) is 9.26. The Morgan fingerprint density at radius 2 is 1.06 bits per heavy atom. The SMILES string of the molecule is [2H]c1c([2H])c([2H])c(-c2c([2H])c([2H])c(N(c3cccc(-c4cccc5oc6c7ccccc7ccc6c45)c3)c3c([2H])c([2H])c(-c4ccc5ccccc5c4)c([2H])c3[2H])c([2H])c2[2H])c([2H])c1[2H]. The fourth-order valence-corrected chi connectivity index (χ4v) is 6.80. The van der Waals surface area contributed by atoms with Crippen molar-refractivity contribution in [2.75, 3.05) is 4.90 Å². The van der Waals surface area contributed by atoms with Crippen molar-refractivity contribution in [1.82, 2.24) is 0 Å². The number of benzene rings is 9. The summed E-state index contributed by atoms with van der Waals surface area (Å²) in [6, 6.07) is 28.9. The van der Waals surface area contributed by atoms with Gasteiger partial charge in [0.05, 0.1) is 17.8 Å². The number of hydrogen-bond donors (Lipinski definition) is 0. The van der Waals surface area contributed by atoms with Crippen LogP contribution in [0.5, 0.6) is 0 Å². The largest absolute Gasteiger partial charge is 0.455 e. The molecule has 10 aromatic rings. The minimum absolute atomic E-state index is 0.0188. The molecule has 9 aromatic carbocycles. The number of fused-ring (bicyclic) bond motifs is 6. The van der Waals surface area contributed by atoms with Crippen molar-refractivity contribution >= 4 is 60.5 Å². The van der Waals surface area contributed by atoms with E-state index in [9.17, 15) is 11.0 Å². The third-order valence-electron chi connectivity index (χ3n) is 9.26. The highest BCUT2D eigenvalue weighted by Crippen LogP contribution is 2.42. The molecule has 1 aromatic heterocycles. The van der Waals surface area contributed by atoms with Crippen LogP contribution in [0.4, 0.5) is 17.1 Å². The van der Waals surface area contributed by atoms with Crippen LogP contribution in [0, 0.1) is 0 Å². The van der Waals surface area contributed by atoms with E-state index in [0.29, 0.717) is 22.3 Å². The summed E-state index contributed by atoms with van der Waals surface area (Å²) in [5, 5.41) is 5.31. The van der Waals surface area contributed by atoms with Crippen LogP contribution < -0.4 is 4.90 Å². The van der Waals surface area contributed by atoms with Crippen molar-refractivity contribution in [3.8, 4) is 33.4 Å². The van der Waals surface area contributed by atoms with E-state index in [-0.39, 0.29) is 16.9 Å². The molecule has 0 amide bonds. The van der Waals surface area contributed by atoms with E-state index in [2.05, 4.69) is 0 Å². The summed E-state index contributed by atoms with van der Waals surface area (Å²) in [6.45, 7) is 0. The summed E-state index contributed by atoms with van der Waals surface area (Å²) in [6.07, 6.45) is 0. The number of nitrogens with zero attached hydrogens (tertiary/aromatic N) is 1. The first-order chi connectivity index (χ1) is 31.2. The Balaban J connectivity index is 1.25. The van der Waals surface area contributed by atoms with E-state index < -0.39 is 95.4 Å². The van der Waals surface area contributed by atoms with Crippen molar-refractivity contribution in [2.24, 2.45) is 0 Å². The van der Waals surface area contributed by atoms with Crippen LogP contribution in [0.1, 0.15) is 17.8 Å². The molecule has 0 atom stereocenters. The maximum Gasteiger partial charge on any atom is 0.143 e. The van der Waals surface area contributed by atoms with Crippen LogP contribution in [0.2, 0.25) is 0 Å². The molecule has 0 unspecified atom stereocenters. The Morgan fingerprint density at radius 1 is 0.404 bits per heavy atom. The van der Waals surface area contributed by atoms with Gasteiger partial charge in [-0.05, 0) is 104 Å². The van der Waals surface area contributed by atoms with Crippen molar-refractivity contribution < 1.29 is 22.2 Å². The quantitative estimate of drug-likeness (QED) is 0.174. The van der Waals surface area contributed by atoms with Gasteiger partial charge in [0.2, 0.25) is 0 Å². The number of furan rings is 1. The topological polar surface area (TPSA) is 16.4 Å². The predicted octanol–water partition coefficient (Wildman–Crippen LogP) is 14.4. The van der Waals surface area contributed by atoms with Crippen LogP contribution in [0.15, 0.2) is 204 Å². The first-order valence-electron chi connectivity index (χ1n) is 23.2. The Morgan fingerprint density at radius 3 is 1.85 bits per heavy atom. The van der Waals surface area contributed by atoms with E-state index in [1.54, 1.807) is 30.3 Å². The molecule has 0 aliphatic rings. The molecule has 0 aliphatic heterocycles. The molecule has 0 fully saturated rings. The Kier molecular flexibility index (Phi) is 4.67. The van der Waals surface area contributed by atoms with Crippen LogP contribution >= 0.6 is 0 Å². The monoisotopic (exact) mass is 676 g/mol. The van der Waals surface area contributed by atoms with Crippen molar-refractivity contribution in [3.05, 3.63) is 200 Å². The second kappa shape index (κ2) is 12.5. The van der Waals surface area contributed by atoms with Gasteiger partial charge in [-0.1, -0.05) is 145 Å². The number of hydrogen-bond acceptors (Lipinski definition) is 2. The highest BCUT2D eigenvalue weighted by atomic mass is 16.3. The lowest BCUT2D eigenvalue weighted by Crippen LogP contribution is -2.10. The van der Waals surface area contributed by atoms with Crippen molar-refractivity contribution in [1.29, 1.82) is 0 Å². The smallest absolute Gasteiger partial charge is 0.143 e. The Hall–Kier alpha value is -6.90. The van der Waals surface area contributed by atoms with Gasteiger partial charge in [0.15, 0.2) is 0 Å². The number of rotatable bonds is 6. The van der Waals surface area contributed by atoms with E-state index in [4.69, 9.17) is 11.3 Å². The first kappa shape index (κ1) is 19.5. The normalized spacial score (nSPS) is 15.0. The molecule has 0 saturated carbocycles. The second-order valence-corrected chi connectivity index (χ2v) is 12.3. The van der Waals surface area contributed by atoms with E-state index in [1.807, 2.05) is 91.0 Å². The molecule has 244 valence electrons. The van der Waals surface area contributed by atoms with E-state index in [1.165, 1.54) is 4.90 Å². The van der Waals surface area contributed by atoms with Gasteiger partial charge in [-0.25, -0.2) is 0 Å². The second-order valence-electron chi connectivity index (χ2n) is 12.3. The molecule has 2 nitrogen and oxygen atoms in total. The van der Waals surface area contributed by atoms with Crippen LogP contribution in [-0.2, 0) is 0 Å². The van der Waals surface area contributed by atoms with Gasteiger partial charge in [0.25, 0.3) is 0 Å². The molecule has 0 aliphatic carbocycles. The average Bonchev–Trinajstić information content (AvgIpc) is 3.72. The first-order valence-corrected chi connectivity index (χ1v) is 16.7. The van der Waals surface area contributed by atoms with E-state index >= 15 is 0 Å². The van der Waals surface area contributed by atoms with Gasteiger partial charge in [-0.2, -0.15) is 0 Å². The standard InChI is InChI=1S/C50H33NO/c1-2-10-34(11-3-1)36-22-27-42(28-23-36)51(43-29-24-37(25-30-43)40-21-20-35-12-4-5-14-39(35)32-40)44-16-8-15-41(33-44)45-18-9-19-48-49(45)47-31-26-38-13-6-7-17-46(38)50(47)52-48/h1-33H/i1D,2D,3D,10D,11D,22D,23D,24D,25D,27D,28D,29D,30D. The molecule has 2 heteroatoms. The van der Waals surface area contributed by atoms with Crippen molar-refractivity contribution in [3.63, 3.8) is 0 Å². The highest BCUT2D eigenvalue weighted by molar-refractivity contribution is 6.19. The summed E-state index contributed by atoms with van der Waals surface area (Å²) in [4.78, 5) is 1.18. The lowest BCUT2D eigenvalue weighted by atomic mass is 9.97. The zero-order valence-electron chi connectivity index (χ0n) is 40.4. The van der Waals surface area contributed by atoms with E-state index in [0.717, 1.165) is 37.9 Å². The maximum atomic E-state index is 9.55. The minimum atomic E-state index is -0.745. The van der Waals surface area contributed by atoms with Crippen LogP contribution in [0.25, 0.3) is 76.9 Å². The molecule has 0 bridgehead atoms. The highest BCUT2D eigenvalue weighted by Gasteiger charge is 2.18.